The van der Waals surface area contributed by atoms with Crippen molar-refractivity contribution in [2.24, 2.45) is 7.05 Å². The fourth-order valence-electron chi connectivity index (χ4n) is 1.63. The first-order valence-corrected chi connectivity index (χ1v) is 5.29. The van der Waals surface area contributed by atoms with Crippen LogP contribution in [-0.2, 0) is 13.6 Å². The van der Waals surface area contributed by atoms with Crippen molar-refractivity contribution in [2.45, 2.75) is 13.5 Å². The summed E-state index contributed by atoms with van der Waals surface area (Å²) < 4.78 is 1.84. The number of aryl methyl sites for hydroxylation is 2. The largest absolute Gasteiger partial charge is 0.376 e. The minimum absolute atomic E-state index is 0.552. The van der Waals surface area contributed by atoms with Gasteiger partial charge in [0.1, 0.15) is 12.4 Å². The van der Waals surface area contributed by atoms with Gasteiger partial charge < -0.3 is 9.88 Å². The second kappa shape index (κ2) is 4.66. The van der Waals surface area contributed by atoms with Crippen molar-refractivity contribution in [2.75, 3.05) is 5.32 Å². The Hall–Kier alpha value is -2.35. The summed E-state index contributed by atoms with van der Waals surface area (Å²) in [6.07, 6.45) is 1.65. The second-order valence-electron chi connectivity index (χ2n) is 3.82. The van der Waals surface area contributed by atoms with Crippen LogP contribution in [0.15, 0.2) is 24.5 Å². The van der Waals surface area contributed by atoms with Gasteiger partial charge >= 0.3 is 0 Å². The van der Waals surface area contributed by atoms with Gasteiger partial charge in [-0.3, -0.25) is 0 Å². The normalized spacial score (nSPS) is 9.94. The van der Waals surface area contributed by atoms with E-state index in [9.17, 15) is 0 Å². The Kier molecular flexibility index (Phi) is 3.06. The van der Waals surface area contributed by atoms with Crippen molar-refractivity contribution < 1.29 is 0 Å². The zero-order valence-corrected chi connectivity index (χ0v) is 9.81. The third-order valence-corrected chi connectivity index (χ3v) is 2.62. The minimum Gasteiger partial charge on any atom is -0.376 e. The molecule has 0 spiro atoms. The number of rotatable bonds is 3. The molecule has 0 atom stereocenters. The molecule has 0 aliphatic carbocycles. The number of hydrogen-bond donors (Lipinski definition) is 1. The predicted octanol–water partition coefficient (Wildman–Crippen LogP) is 1.61. The van der Waals surface area contributed by atoms with Gasteiger partial charge in [-0.2, -0.15) is 5.26 Å². The Balaban J connectivity index is 2.20. The van der Waals surface area contributed by atoms with E-state index in [0.717, 1.165) is 17.1 Å². The lowest BCUT2D eigenvalue weighted by atomic mass is 10.1. The predicted molar refractivity (Wildman–Crippen MR) is 64.2 cm³/mol. The van der Waals surface area contributed by atoms with E-state index in [2.05, 4.69) is 21.6 Å². The highest BCUT2D eigenvalue weighted by Gasteiger charge is 2.06. The molecule has 0 amide bonds. The molecule has 0 aliphatic heterocycles. The molecule has 5 nitrogen and oxygen atoms in total. The maximum atomic E-state index is 9.03. The molecule has 1 aromatic heterocycles. The van der Waals surface area contributed by atoms with Crippen LogP contribution in [0.3, 0.4) is 0 Å². The first kappa shape index (κ1) is 11.1. The number of nitrogens with zero attached hydrogens (tertiary/aromatic N) is 4. The molecule has 17 heavy (non-hydrogen) atoms. The summed E-state index contributed by atoms with van der Waals surface area (Å²) in [5.74, 6) is 0.831. The second-order valence-corrected chi connectivity index (χ2v) is 3.82. The van der Waals surface area contributed by atoms with Crippen LogP contribution in [0.2, 0.25) is 0 Å². The van der Waals surface area contributed by atoms with Crippen LogP contribution >= 0.6 is 0 Å². The van der Waals surface area contributed by atoms with Crippen molar-refractivity contribution in [3.63, 3.8) is 0 Å². The molecule has 0 saturated heterocycles. The van der Waals surface area contributed by atoms with Gasteiger partial charge in [-0.05, 0) is 18.6 Å². The quantitative estimate of drug-likeness (QED) is 0.865. The molecule has 0 saturated carbocycles. The molecule has 5 heteroatoms. The monoisotopic (exact) mass is 227 g/mol. The topological polar surface area (TPSA) is 66.5 Å². The Bertz CT molecular complexity index is 565. The average Bonchev–Trinajstić information content (AvgIpc) is 2.73. The van der Waals surface area contributed by atoms with Crippen molar-refractivity contribution in [1.29, 1.82) is 5.26 Å². The molecule has 1 heterocycles. The van der Waals surface area contributed by atoms with Crippen molar-refractivity contribution >= 4 is 5.69 Å². The smallest absolute Gasteiger partial charge is 0.151 e. The Morgan fingerprint density at radius 2 is 2.29 bits per heavy atom. The Morgan fingerprint density at radius 1 is 1.47 bits per heavy atom. The van der Waals surface area contributed by atoms with E-state index in [4.69, 9.17) is 5.26 Å². The molecule has 1 aromatic carbocycles. The lowest BCUT2D eigenvalue weighted by Crippen LogP contribution is -2.07. The molecular weight excluding hydrogens is 214 g/mol. The van der Waals surface area contributed by atoms with Gasteiger partial charge in [-0.1, -0.05) is 12.1 Å². The lowest BCUT2D eigenvalue weighted by Gasteiger charge is -2.10. The van der Waals surface area contributed by atoms with Crippen LogP contribution < -0.4 is 5.32 Å². The average molecular weight is 227 g/mol. The van der Waals surface area contributed by atoms with Gasteiger partial charge in [0.2, 0.25) is 0 Å². The molecule has 0 radical (unpaired) electrons. The number of hydrogen-bond acceptors (Lipinski definition) is 4. The van der Waals surface area contributed by atoms with Crippen molar-refractivity contribution in [3.8, 4) is 6.07 Å². The Labute approximate surface area is 99.7 Å². The third-order valence-electron chi connectivity index (χ3n) is 2.62. The van der Waals surface area contributed by atoms with Crippen LogP contribution in [0.5, 0.6) is 0 Å². The summed E-state index contributed by atoms with van der Waals surface area (Å²) in [6.45, 7) is 2.52. The van der Waals surface area contributed by atoms with Crippen LogP contribution in [0.25, 0.3) is 0 Å². The number of nitrogens with one attached hydrogen (secondary N) is 1. The first-order valence-electron chi connectivity index (χ1n) is 5.29. The fraction of sp³-hybridized carbons (Fsp3) is 0.250. The molecule has 0 bridgehead atoms. The number of para-hydroxylation sites is 1. The summed E-state index contributed by atoms with van der Waals surface area (Å²) in [5.41, 5.74) is 2.55. The zero-order chi connectivity index (χ0) is 12.3. The maximum absolute atomic E-state index is 9.03. The van der Waals surface area contributed by atoms with E-state index in [1.54, 1.807) is 12.4 Å². The molecule has 0 fully saturated rings. The summed E-state index contributed by atoms with van der Waals surface area (Å²) in [4.78, 5) is 0. The molecular formula is C12H13N5. The van der Waals surface area contributed by atoms with E-state index in [-0.39, 0.29) is 0 Å². The fourth-order valence-corrected chi connectivity index (χ4v) is 1.63. The van der Waals surface area contributed by atoms with Crippen molar-refractivity contribution in [3.05, 3.63) is 41.5 Å². The lowest BCUT2D eigenvalue weighted by molar-refractivity contribution is 0.811. The molecule has 86 valence electrons. The van der Waals surface area contributed by atoms with Crippen LogP contribution in [0.4, 0.5) is 5.69 Å². The van der Waals surface area contributed by atoms with Crippen LogP contribution in [-0.4, -0.2) is 14.8 Å². The number of nitriles is 1. The van der Waals surface area contributed by atoms with E-state index in [0.29, 0.717) is 12.1 Å². The number of benzene rings is 1. The Morgan fingerprint density at radius 3 is 2.94 bits per heavy atom. The molecule has 2 rings (SSSR count). The summed E-state index contributed by atoms with van der Waals surface area (Å²) in [6, 6.07) is 7.82. The zero-order valence-electron chi connectivity index (χ0n) is 9.81. The van der Waals surface area contributed by atoms with Crippen LogP contribution in [0, 0.1) is 18.3 Å². The molecule has 0 aliphatic rings. The van der Waals surface area contributed by atoms with Gasteiger partial charge in [-0.25, -0.2) is 0 Å². The standard InChI is InChI=1S/C12H13N5/c1-9-4-3-5-10(6-13)12(9)14-7-11-16-15-8-17(11)2/h3-5,8,14H,7H2,1-2H3. The highest BCUT2D eigenvalue weighted by Crippen LogP contribution is 2.20. The molecule has 1 N–H and O–H groups in total. The van der Waals surface area contributed by atoms with E-state index >= 15 is 0 Å². The van der Waals surface area contributed by atoms with E-state index < -0.39 is 0 Å². The van der Waals surface area contributed by atoms with Gasteiger partial charge in [0.05, 0.1) is 17.8 Å². The van der Waals surface area contributed by atoms with E-state index in [1.807, 2.05) is 30.7 Å². The summed E-state index contributed by atoms with van der Waals surface area (Å²) in [7, 11) is 1.89. The maximum Gasteiger partial charge on any atom is 0.151 e. The summed E-state index contributed by atoms with van der Waals surface area (Å²) in [5, 5.41) is 20.1. The van der Waals surface area contributed by atoms with E-state index in [1.165, 1.54) is 0 Å². The molecule has 2 aromatic rings. The molecule has 0 unspecified atom stereocenters. The summed E-state index contributed by atoms with van der Waals surface area (Å²) >= 11 is 0. The number of anilines is 1. The van der Waals surface area contributed by atoms with Gasteiger partial charge in [0.25, 0.3) is 0 Å². The highest BCUT2D eigenvalue weighted by atomic mass is 15.3. The minimum atomic E-state index is 0.552. The highest BCUT2D eigenvalue weighted by molar-refractivity contribution is 5.62. The number of aromatic nitrogens is 3. The third kappa shape index (κ3) is 2.26. The van der Waals surface area contributed by atoms with Gasteiger partial charge in [-0.15, -0.1) is 10.2 Å². The van der Waals surface area contributed by atoms with Crippen LogP contribution in [0.1, 0.15) is 17.0 Å². The SMILES string of the molecule is Cc1cccc(C#N)c1NCc1nncn1C. The first-order chi connectivity index (χ1) is 8.22. The van der Waals surface area contributed by atoms with Gasteiger partial charge in [0, 0.05) is 7.05 Å². The van der Waals surface area contributed by atoms with Crippen molar-refractivity contribution in [1.82, 2.24) is 14.8 Å². The van der Waals surface area contributed by atoms with Gasteiger partial charge in [0.15, 0.2) is 5.82 Å².